The fraction of sp³-hybridized carbons (Fsp3) is 0.636. The Balaban J connectivity index is 2.00. The van der Waals surface area contributed by atoms with Gasteiger partial charge in [0.15, 0.2) is 5.16 Å². The van der Waals surface area contributed by atoms with Crippen molar-refractivity contribution in [3.63, 3.8) is 0 Å². The molecular formula is C11H17N3O2S. The van der Waals surface area contributed by atoms with E-state index in [4.69, 9.17) is 5.11 Å². The average molecular weight is 255 g/mol. The molecule has 0 atom stereocenters. The molecule has 1 aliphatic rings. The first-order valence-corrected chi connectivity index (χ1v) is 6.71. The summed E-state index contributed by atoms with van der Waals surface area (Å²) in [5.41, 5.74) is 0. The van der Waals surface area contributed by atoms with Gasteiger partial charge in [-0.1, -0.05) is 11.8 Å². The number of piperidine rings is 1. The number of nitrogens with zero attached hydrogens (tertiary/aromatic N) is 3. The maximum atomic E-state index is 10.6. The van der Waals surface area contributed by atoms with Crippen LogP contribution in [0.1, 0.15) is 18.9 Å². The van der Waals surface area contributed by atoms with Crippen molar-refractivity contribution < 1.29 is 9.90 Å². The lowest BCUT2D eigenvalue weighted by molar-refractivity contribution is -0.133. The highest BCUT2D eigenvalue weighted by Crippen LogP contribution is 2.27. The van der Waals surface area contributed by atoms with Crippen LogP contribution in [0.2, 0.25) is 0 Å². The van der Waals surface area contributed by atoms with Crippen molar-refractivity contribution in [1.29, 1.82) is 0 Å². The summed E-state index contributed by atoms with van der Waals surface area (Å²) in [6.45, 7) is 2.18. The van der Waals surface area contributed by atoms with Crippen LogP contribution in [0, 0.1) is 0 Å². The molecule has 0 amide bonds. The summed E-state index contributed by atoms with van der Waals surface area (Å²) in [6.07, 6.45) is 5.92. The molecule has 0 radical (unpaired) electrons. The lowest BCUT2D eigenvalue weighted by Gasteiger charge is -2.30. The molecule has 0 unspecified atom stereocenters. The Hall–Kier alpha value is -1.01. The van der Waals surface area contributed by atoms with E-state index in [1.54, 1.807) is 6.20 Å². The van der Waals surface area contributed by atoms with Gasteiger partial charge < -0.3 is 14.6 Å². The minimum Gasteiger partial charge on any atom is -0.481 e. The number of likely N-dealkylation sites (tertiary alicyclic amines) is 1. The van der Waals surface area contributed by atoms with Gasteiger partial charge in [0.25, 0.3) is 0 Å². The zero-order chi connectivity index (χ0) is 12.3. The Morgan fingerprint density at radius 3 is 2.94 bits per heavy atom. The molecule has 0 bridgehead atoms. The summed E-state index contributed by atoms with van der Waals surface area (Å²) in [5, 5.41) is 9.50. The van der Waals surface area contributed by atoms with Gasteiger partial charge in [0, 0.05) is 18.4 Å². The molecule has 0 aromatic carbocycles. The molecule has 1 N–H and O–H groups in total. The van der Waals surface area contributed by atoms with Crippen molar-refractivity contribution in [3.8, 4) is 0 Å². The fourth-order valence-electron chi connectivity index (χ4n) is 2.09. The Morgan fingerprint density at radius 2 is 2.29 bits per heavy atom. The van der Waals surface area contributed by atoms with Crippen LogP contribution in [-0.2, 0) is 4.79 Å². The third kappa shape index (κ3) is 3.23. The normalized spacial score (nSPS) is 18.4. The van der Waals surface area contributed by atoms with Crippen molar-refractivity contribution in [2.75, 3.05) is 25.9 Å². The molecule has 1 saturated heterocycles. The van der Waals surface area contributed by atoms with E-state index in [9.17, 15) is 4.79 Å². The van der Waals surface area contributed by atoms with E-state index in [1.165, 1.54) is 11.8 Å². The largest absolute Gasteiger partial charge is 0.481 e. The van der Waals surface area contributed by atoms with Gasteiger partial charge in [-0.3, -0.25) is 4.79 Å². The highest BCUT2D eigenvalue weighted by molar-refractivity contribution is 7.99. The topological polar surface area (TPSA) is 58.4 Å². The van der Waals surface area contributed by atoms with Gasteiger partial charge in [-0.2, -0.15) is 0 Å². The average Bonchev–Trinajstić information content (AvgIpc) is 2.75. The van der Waals surface area contributed by atoms with Crippen LogP contribution in [0.3, 0.4) is 0 Å². The van der Waals surface area contributed by atoms with Crippen molar-refractivity contribution in [1.82, 2.24) is 14.5 Å². The number of rotatable bonds is 4. The Bertz CT molecular complexity index is 386. The maximum absolute atomic E-state index is 10.6. The lowest BCUT2D eigenvalue weighted by Crippen LogP contribution is -2.31. The summed E-state index contributed by atoms with van der Waals surface area (Å²) in [7, 11) is 2.13. The molecule has 0 saturated carbocycles. The predicted octanol–water partition coefficient (Wildman–Crippen LogP) is 1.33. The quantitative estimate of drug-likeness (QED) is 0.822. The summed E-state index contributed by atoms with van der Waals surface area (Å²) < 4.78 is 2.13. The van der Waals surface area contributed by atoms with Gasteiger partial charge in [-0.25, -0.2) is 4.98 Å². The first-order valence-electron chi connectivity index (χ1n) is 5.73. The number of carboxylic acids is 1. The second kappa shape index (κ2) is 5.55. The molecule has 1 fully saturated rings. The van der Waals surface area contributed by atoms with E-state index in [1.807, 2.05) is 6.20 Å². The van der Waals surface area contributed by atoms with Gasteiger partial charge in [-0.05, 0) is 33.0 Å². The van der Waals surface area contributed by atoms with Crippen LogP contribution in [-0.4, -0.2) is 51.4 Å². The van der Waals surface area contributed by atoms with Gasteiger partial charge in [0.1, 0.15) is 0 Å². The Labute approximate surface area is 105 Å². The summed E-state index contributed by atoms with van der Waals surface area (Å²) in [6, 6.07) is 0.463. The number of carbonyl (C=O) groups is 1. The van der Waals surface area contributed by atoms with Crippen LogP contribution in [0.25, 0.3) is 0 Å². The van der Waals surface area contributed by atoms with Crippen molar-refractivity contribution in [3.05, 3.63) is 12.4 Å². The van der Waals surface area contributed by atoms with Crippen LogP contribution < -0.4 is 0 Å². The van der Waals surface area contributed by atoms with Crippen LogP contribution in [0.5, 0.6) is 0 Å². The van der Waals surface area contributed by atoms with E-state index >= 15 is 0 Å². The van der Waals surface area contributed by atoms with Crippen molar-refractivity contribution >= 4 is 17.7 Å². The number of aliphatic carboxylic acids is 1. The maximum Gasteiger partial charge on any atom is 0.313 e. The molecule has 1 aromatic rings. The number of imidazole rings is 1. The number of hydrogen-bond acceptors (Lipinski definition) is 4. The molecular weight excluding hydrogens is 238 g/mol. The summed E-state index contributed by atoms with van der Waals surface area (Å²) in [4.78, 5) is 17.1. The number of hydrogen-bond donors (Lipinski definition) is 1. The van der Waals surface area contributed by atoms with Crippen LogP contribution in [0.15, 0.2) is 17.6 Å². The monoisotopic (exact) mass is 255 g/mol. The van der Waals surface area contributed by atoms with Crippen molar-refractivity contribution in [2.24, 2.45) is 0 Å². The Kier molecular flexibility index (Phi) is 4.06. The molecule has 5 nitrogen and oxygen atoms in total. The van der Waals surface area contributed by atoms with Gasteiger partial charge in [-0.15, -0.1) is 0 Å². The molecule has 2 heterocycles. The van der Waals surface area contributed by atoms with E-state index < -0.39 is 5.97 Å². The highest BCUT2D eigenvalue weighted by Gasteiger charge is 2.20. The summed E-state index contributed by atoms with van der Waals surface area (Å²) in [5.74, 6) is -0.725. The molecule has 2 rings (SSSR count). The number of aromatic nitrogens is 2. The third-order valence-electron chi connectivity index (χ3n) is 3.04. The molecule has 0 spiro atoms. The molecule has 17 heavy (non-hydrogen) atoms. The summed E-state index contributed by atoms with van der Waals surface area (Å²) >= 11 is 1.29. The smallest absolute Gasteiger partial charge is 0.313 e. The second-order valence-electron chi connectivity index (χ2n) is 4.33. The SMILES string of the molecule is CN1CCC(n2ccnc2SCC(=O)O)CC1. The van der Waals surface area contributed by atoms with E-state index in [-0.39, 0.29) is 5.75 Å². The standard InChI is InChI=1S/C11H17N3O2S/c1-13-5-2-9(3-6-13)14-7-4-12-11(14)17-8-10(15)16/h4,7,9H,2-3,5-6,8H2,1H3,(H,15,16). The van der Waals surface area contributed by atoms with Gasteiger partial charge in [0.05, 0.1) is 5.75 Å². The van der Waals surface area contributed by atoms with E-state index in [2.05, 4.69) is 21.5 Å². The van der Waals surface area contributed by atoms with Crippen LogP contribution in [0.4, 0.5) is 0 Å². The zero-order valence-corrected chi connectivity index (χ0v) is 10.7. The molecule has 1 aromatic heterocycles. The minimum atomic E-state index is -0.798. The first kappa shape index (κ1) is 12.4. The predicted molar refractivity (Wildman–Crippen MR) is 66.4 cm³/mol. The molecule has 6 heteroatoms. The van der Waals surface area contributed by atoms with Crippen LogP contribution >= 0.6 is 11.8 Å². The zero-order valence-electron chi connectivity index (χ0n) is 9.87. The Morgan fingerprint density at radius 1 is 1.59 bits per heavy atom. The first-order chi connectivity index (χ1) is 8.16. The number of carboxylic acid groups (broad SMARTS) is 1. The van der Waals surface area contributed by atoms with E-state index in [0.717, 1.165) is 31.1 Å². The second-order valence-corrected chi connectivity index (χ2v) is 5.28. The van der Waals surface area contributed by atoms with Gasteiger partial charge in [0.2, 0.25) is 0 Å². The fourth-order valence-corrected chi connectivity index (χ4v) is 2.84. The number of thioether (sulfide) groups is 1. The van der Waals surface area contributed by atoms with Crippen molar-refractivity contribution in [2.45, 2.75) is 24.0 Å². The highest BCUT2D eigenvalue weighted by atomic mass is 32.2. The minimum absolute atomic E-state index is 0.0731. The molecule has 94 valence electrons. The van der Waals surface area contributed by atoms with Gasteiger partial charge >= 0.3 is 5.97 Å². The third-order valence-corrected chi connectivity index (χ3v) is 4.01. The lowest BCUT2D eigenvalue weighted by atomic mass is 10.1. The molecule has 1 aliphatic heterocycles. The molecule has 0 aliphatic carbocycles. The van der Waals surface area contributed by atoms with E-state index in [0.29, 0.717) is 6.04 Å².